The predicted molar refractivity (Wildman–Crippen MR) is 123 cm³/mol. The van der Waals surface area contributed by atoms with Crippen molar-refractivity contribution in [2.75, 3.05) is 13.2 Å². The summed E-state index contributed by atoms with van der Waals surface area (Å²) in [5.41, 5.74) is 8.77. The molecule has 1 aromatic heterocycles. The number of rotatable bonds is 9. The van der Waals surface area contributed by atoms with Crippen LogP contribution in [0.15, 0.2) is 67.1 Å². The lowest BCUT2D eigenvalue weighted by Crippen LogP contribution is -2.29. The van der Waals surface area contributed by atoms with E-state index >= 15 is 0 Å². The number of ether oxygens (including phenoxy) is 1. The van der Waals surface area contributed by atoms with Gasteiger partial charge in [-0.1, -0.05) is 59.6 Å². The zero-order valence-electron chi connectivity index (χ0n) is 16.7. The van der Waals surface area contributed by atoms with E-state index in [1.54, 1.807) is 24.5 Å². The molecule has 160 valence electrons. The molecule has 8 heteroatoms. The average Bonchev–Trinajstić information content (AvgIpc) is 2.78. The van der Waals surface area contributed by atoms with Crippen molar-refractivity contribution in [2.45, 2.75) is 13.0 Å². The summed E-state index contributed by atoms with van der Waals surface area (Å²) in [6.45, 7) is 1.21. The summed E-state index contributed by atoms with van der Waals surface area (Å²) in [5, 5.41) is 3.77. The van der Waals surface area contributed by atoms with Crippen molar-refractivity contribution in [1.29, 1.82) is 0 Å². The van der Waals surface area contributed by atoms with Crippen LogP contribution in [0.4, 0.5) is 0 Å². The van der Waals surface area contributed by atoms with Crippen LogP contribution in [0.1, 0.15) is 22.5 Å². The first-order chi connectivity index (χ1) is 15.1. The molecule has 0 spiro atoms. The van der Waals surface area contributed by atoms with Gasteiger partial charge in [-0.25, -0.2) is 9.97 Å². The molecule has 0 aliphatic rings. The molecular weight excluding hydrogens is 435 g/mol. The molecule has 1 amide bonds. The average molecular weight is 457 g/mol. The highest BCUT2D eigenvalue weighted by atomic mass is 35.5. The SMILES string of the molecule is N/C=C(/C(=O)NCCOCc1ccccc1)c1ncc(Cc2ccc(Cl)c(Cl)c2)cn1. The molecule has 6 nitrogen and oxygen atoms in total. The molecule has 0 saturated heterocycles. The molecule has 3 rings (SSSR count). The van der Waals surface area contributed by atoms with Crippen molar-refractivity contribution < 1.29 is 9.53 Å². The molecule has 31 heavy (non-hydrogen) atoms. The van der Waals surface area contributed by atoms with Crippen LogP contribution in [-0.2, 0) is 22.6 Å². The minimum Gasteiger partial charge on any atom is -0.404 e. The Morgan fingerprint density at radius 1 is 1.00 bits per heavy atom. The fourth-order valence-corrected chi connectivity index (χ4v) is 3.14. The van der Waals surface area contributed by atoms with E-state index in [1.165, 1.54) is 6.20 Å². The summed E-state index contributed by atoms with van der Waals surface area (Å²) in [6, 6.07) is 15.3. The number of carbonyl (C=O) groups excluding carboxylic acids is 1. The maximum absolute atomic E-state index is 12.4. The summed E-state index contributed by atoms with van der Waals surface area (Å²) in [6.07, 6.45) is 5.10. The molecule has 2 aromatic carbocycles. The number of hydrogen-bond acceptors (Lipinski definition) is 5. The molecule has 0 saturated carbocycles. The van der Waals surface area contributed by atoms with Crippen molar-refractivity contribution in [3.05, 3.63) is 99.7 Å². The zero-order valence-corrected chi connectivity index (χ0v) is 18.2. The van der Waals surface area contributed by atoms with Gasteiger partial charge in [-0.05, 0) is 28.8 Å². The van der Waals surface area contributed by atoms with E-state index in [9.17, 15) is 4.79 Å². The van der Waals surface area contributed by atoms with Gasteiger partial charge >= 0.3 is 0 Å². The highest BCUT2D eigenvalue weighted by molar-refractivity contribution is 6.42. The van der Waals surface area contributed by atoms with Gasteiger partial charge in [-0.2, -0.15) is 0 Å². The Labute approximate surface area is 191 Å². The minimum atomic E-state index is -0.358. The number of nitrogens with two attached hydrogens (primary N) is 1. The lowest BCUT2D eigenvalue weighted by atomic mass is 10.1. The Balaban J connectivity index is 1.50. The number of nitrogens with zero attached hydrogens (tertiary/aromatic N) is 2. The Bertz CT molecular complexity index is 1040. The Hall–Kier alpha value is -2.93. The van der Waals surface area contributed by atoms with E-state index in [2.05, 4.69) is 15.3 Å². The summed E-state index contributed by atoms with van der Waals surface area (Å²) in [7, 11) is 0. The third-order valence-corrected chi connectivity index (χ3v) is 5.13. The highest BCUT2D eigenvalue weighted by Crippen LogP contribution is 2.23. The third-order valence-electron chi connectivity index (χ3n) is 4.39. The van der Waals surface area contributed by atoms with Gasteiger partial charge in [-0.15, -0.1) is 0 Å². The monoisotopic (exact) mass is 456 g/mol. The molecule has 0 aliphatic heterocycles. The maximum Gasteiger partial charge on any atom is 0.256 e. The van der Waals surface area contributed by atoms with Crippen LogP contribution < -0.4 is 11.1 Å². The molecule has 0 atom stereocenters. The van der Waals surface area contributed by atoms with Crippen molar-refractivity contribution in [3.8, 4) is 0 Å². The van der Waals surface area contributed by atoms with Gasteiger partial charge in [0.05, 0.1) is 28.8 Å². The lowest BCUT2D eigenvalue weighted by Gasteiger charge is -2.09. The molecule has 3 aromatic rings. The summed E-state index contributed by atoms with van der Waals surface area (Å²) in [4.78, 5) is 21.0. The van der Waals surface area contributed by atoms with Crippen LogP contribution in [0.25, 0.3) is 5.57 Å². The van der Waals surface area contributed by atoms with Gasteiger partial charge < -0.3 is 15.8 Å². The highest BCUT2D eigenvalue weighted by Gasteiger charge is 2.14. The van der Waals surface area contributed by atoms with E-state index in [1.807, 2.05) is 36.4 Å². The molecular formula is C23H22Cl2N4O2. The van der Waals surface area contributed by atoms with Crippen molar-refractivity contribution >= 4 is 34.7 Å². The summed E-state index contributed by atoms with van der Waals surface area (Å²) in [5.74, 6) is -0.105. The fraction of sp³-hybridized carbons (Fsp3) is 0.174. The van der Waals surface area contributed by atoms with Gasteiger partial charge in [0.25, 0.3) is 5.91 Å². The first-order valence-electron chi connectivity index (χ1n) is 9.64. The lowest BCUT2D eigenvalue weighted by molar-refractivity contribution is -0.115. The first-order valence-corrected chi connectivity index (χ1v) is 10.4. The Morgan fingerprint density at radius 3 is 2.42 bits per heavy atom. The number of hydrogen-bond donors (Lipinski definition) is 2. The molecule has 0 fully saturated rings. The van der Waals surface area contributed by atoms with Crippen molar-refractivity contribution in [2.24, 2.45) is 5.73 Å². The topological polar surface area (TPSA) is 90.1 Å². The fourth-order valence-electron chi connectivity index (χ4n) is 2.82. The van der Waals surface area contributed by atoms with Crippen LogP contribution in [0.5, 0.6) is 0 Å². The number of amides is 1. The predicted octanol–water partition coefficient (Wildman–Crippen LogP) is 4.01. The number of carbonyl (C=O) groups is 1. The van der Waals surface area contributed by atoms with E-state index in [-0.39, 0.29) is 17.3 Å². The number of benzene rings is 2. The van der Waals surface area contributed by atoms with Crippen molar-refractivity contribution in [1.82, 2.24) is 15.3 Å². The second-order valence-electron chi connectivity index (χ2n) is 6.71. The van der Waals surface area contributed by atoms with E-state index in [4.69, 9.17) is 33.7 Å². The van der Waals surface area contributed by atoms with E-state index in [0.29, 0.717) is 36.2 Å². The van der Waals surface area contributed by atoms with E-state index < -0.39 is 0 Å². The first kappa shape index (κ1) is 22.7. The molecule has 0 unspecified atom stereocenters. The molecule has 0 aliphatic carbocycles. The minimum absolute atomic E-state index is 0.198. The number of halogens is 2. The smallest absolute Gasteiger partial charge is 0.256 e. The van der Waals surface area contributed by atoms with Crippen LogP contribution in [-0.4, -0.2) is 29.0 Å². The molecule has 1 heterocycles. The standard InChI is InChI=1S/C23H22Cl2N4O2/c24-20-7-6-17(11-21(20)25)10-18-13-28-22(29-14-18)19(12-26)23(30)27-8-9-31-15-16-4-2-1-3-5-16/h1-7,11-14H,8-10,15,26H2,(H,27,30)/b19-12+. The van der Waals surface area contributed by atoms with Crippen molar-refractivity contribution in [3.63, 3.8) is 0 Å². The quantitative estimate of drug-likeness (QED) is 0.375. The van der Waals surface area contributed by atoms with Gasteiger partial charge in [0.15, 0.2) is 5.82 Å². The largest absolute Gasteiger partial charge is 0.404 e. The summed E-state index contributed by atoms with van der Waals surface area (Å²) >= 11 is 12.0. The number of nitrogens with one attached hydrogen (secondary N) is 1. The van der Waals surface area contributed by atoms with Gasteiger partial charge in [-0.3, -0.25) is 4.79 Å². The summed E-state index contributed by atoms with van der Waals surface area (Å²) < 4.78 is 5.56. The molecule has 3 N–H and O–H groups in total. The van der Waals surface area contributed by atoms with Crippen LogP contribution in [0, 0.1) is 0 Å². The maximum atomic E-state index is 12.4. The van der Waals surface area contributed by atoms with Crippen LogP contribution >= 0.6 is 23.2 Å². The Kier molecular flexibility index (Phi) is 8.41. The third kappa shape index (κ3) is 6.79. The second kappa shape index (κ2) is 11.5. The van der Waals surface area contributed by atoms with Crippen LogP contribution in [0.3, 0.4) is 0 Å². The Morgan fingerprint density at radius 2 is 1.74 bits per heavy atom. The van der Waals surface area contributed by atoms with E-state index in [0.717, 1.165) is 16.7 Å². The molecule has 0 bridgehead atoms. The number of aromatic nitrogens is 2. The molecule has 0 radical (unpaired) electrons. The zero-order chi connectivity index (χ0) is 22.1. The van der Waals surface area contributed by atoms with Crippen LogP contribution in [0.2, 0.25) is 10.0 Å². The van der Waals surface area contributed by atoms with Gasteiger partial charge in [0, 0.05) is 31.6 Å². The second-order valence-corrected chi connectivity index (χ2v) is 7.53. The normalized spacial score (nSPS) is 11.4. The van der Waals surface area contributed by atoms with Gasteiger partial charge in [0.1, 0.15) is 0 Å². The van der Waals surface area contributed by atoms with Gasteiger partial charge in [0.2, 0.25) is 0 Å².